The molecule has 0 amide bonds. The van der Waals surface area contributed by atoms with Gasteiger partial charge in [-0.2, -0.15) is 18.4 Å². The number of nitrogens with zero attached hydrogens (tertiary/aromatic N) is 3. The van der Waals surface area contributed by atoms with Gasteiger partial charge in [0.15, 0.2) is 5.76 Å². The van der Waals surface area contributed by atoms with Crippen molar-refractivity contribution in [2.75, 3.05) is 0 Å². The molecular formula is C15H9BF3N3O. The summed E-state index contributed by atoms with van der Waals surface area (Å²) in [5.41, 5.74) is -0.140. The van der Waals surface area contributed by atoms with E-state index >= 15 is 0 Å². The van der Waals surface area contributed by atoms with Crippen LogP contribution in [0.15, 0.2) is 28.8 Å². The van der Waals surface area contributed by atoms with Gasteiger partial charge < -0.3 is 9.09 Å². The first-order chi connectivity index (χ1) is 10.8. The van der Waals surface area contributed by atoms with Crippen LogP contribution in [0.4, 0.5) is 13.2 Å². The number of fused-ring (bicyclic) bond motifs is 1. The SMILES string of the molecule is [B]c1cc(Cn2c(C)cc3c(C(F)(F)F)c(C#N)ccc32)on1. The molecule has 0 aliphatic rings. The predicted molar refractivity (Wildman–Crippen MR) is 77.4 cm³/mol. The molecule has 23 heavy (non-hydrogen) atoms. The molecule has 8 heteroatoms. The van der Waals surface area contributed by atoms with Crippen LogP contribution in [0, 0.1) is 18.3 Å². The molecule has 2 heterocycles. The normalized spacial score (nSPS) is 11.8. The van der Waals surface area contributed by atoms with Gasteiger partial charge in [0.25, 0.3) is 0 Å². The summed E-state index contributed by atoms with van der Waals surface area (Å²) in [5, 5.41) is 12.5. The minimum atomic E-state index is -4.61. The molecule has 2 aromatic heterocycles. The second-order valence-electron chi connectivity index (χ2n) is 5.12. The lowest BCUT2D eigenvalue weighted by Gasteiger charge is -2.11. The third-order valence-electron chi connectivity index (χ3n) is 3.59. The van der Waals surface area contributed by atoms with Gasteiger partial charge in [0.2, 0.25) is 0 Å². The van der Waals surface area contributed by atoms with Gasteiger partial charge in [0.1, 0.15) is 7.85 Å². The van der Waals surface area contributed by atoms with Gasteiger partial charge in [-0.15, -0.1) is 0 Å². The molecule has 0 aliphatic carbocycles. The zero-order valence-electron chi connectivity index (χ0n) is 12.0. The fourth-order valence-corrected chi connectivity index (χ4v) is 2.63. The predicted octanol–water partition coefficient (Wildman–Crippen LogP) is 2.67. The fourth-order valence-electron chi connectivity index (χ4n) is 2.63. The molecule has 3 aromatic rings. The number of hydrogen-bond donors (Lipinski definition) is 0. The van der Waals surface area contributed by atoms with E-state index in [1.807, 2.05) is 0 Å². The fraction of sp³-hybridized carbons (Fsp3) is 0.200. The highest BCUT2D eigenvalue weighted by molar-refractivity contribution is 6.30. The second-order valence-corrected chi connectivity index (χ2v) is 5.12. The summed E-state index contributed by atoms with van der Waals surface area (Å²) in [6.07, 6.45) is -4.61. The highest BCUT2D eigenvalue weighted by atomic mass is 19.4. The highest BCUT2D eigenvalue weighted by Gasteiger charge is 2.36. The van der Waals surface area contributed by atoms with E-state index in [4.69, 9.17) is 17.6 Å². The number of halogens is 3. The molecule has 0 fully saturated rings. The lowest BCUT2D eigenvalue weighted by molar-refractivity contribution is -0.136. The maximum absolute atomic E-state index is 13.3. The standard InChI is InChI=1S/C15H9BF3N3O/c1-8-4-11-12(22(8)7-10-5-13(16)21-23-10)3-2-9(6-20)14(11)15(17,18)19/h2-5H,7H2,1H3. The van der Waals surface area contributed by atoms with Crippen LogP contribution >= 0.6 is 0 Å². The van der Waals surface area contributed by atoms with Crippen molar-refractivity contribution >= 4 is 24.3 Å². The molecule has 1 aromatic carbocycles. The van der Waals surface area contributed by atoms with E-state index in [1.165, 1.54) is 24.3 Å². The van der Waals surface area contributed by atoms with Gasteiger partial charge in [-0.1, -0.05) is 5.16 Å². The third kappa shape index (κ3) is 2.59. The summed E-state index contributed by atoms with van der Waals surface area (Å²) in [6, 6.07) is 7.20. The van der Waals surface area contributed by atoms with Gasteiger partial charge in [0, 0.05) is 22.2 Å². The second kappa shape index (κ2) is 5.20. The summed E-state index contributed by atoms with van der Waals surface area (Å²) in [5.74, 6) is 0.431. The Morgan fingerprint density at radius 3 is 2.65 bits per heavy atom. The lowest BCUT2D eigenvalue weighted by Crippen LogP contribution is -2.09. The van der Waals surface area contributed by atoms with E-state index in [2.05, 4.69) is 5.16 Å². The Morgan fingerprint density at radius 1 is 1.35 bits per heavy atom. The van der Waals surface area contributed by atoms with Crippen molar-refractivity contribution in [3.05, 3.63) is 46.8 Å². The Labute approximate surface area is 130 Å². The van der Waals surface area contributed by atoms with Crippen molar-refractivity contribution in [3.63, 3.8) is 0 Å². The van der Waals surface area contributed by atoms with E-state index in [9.17, 15) is 13.2 Å². The monoisotopic (exact) mass is 315 g/mol. The first kappa shape index (κ1) is 15.2. The molecule has 0 atom stereocenters. The maximum Gasteiger partial charge on any atom is 0.418 e. The smallest absolute Gasteiger partial charge is 0.360 e. The lowest BCUT2D eigenvalue weighted by atomic mass is 10.0. The molecule has 0 unspecified atom stereocenters. The van der Waals surface area contributed by atoms with E-state index < -0.39 is 17.3 Å². The zero-order valence-corrected chi connectivity index (χ0v) is 12.0. The van der Waals surface area contributed by atoms with Crippen LogP contribution in [0.2, 0.25) is 0 Å². The Balaban J connectivity index is 2.22. The van der Waals surface area contributed by atoms with Crippen LogP contribution in [0.1, 0.15) is 22.6 Å². The first-order valence-electron chi connectivity index (χ1n) is 6.62. The Morgan fingerprint density at radius 2 is 2.09 bits per heavy atom. The van der Waals surface area contributed by atoms with Crippen LogP contribution in [0.3, 0.4) is 0 Å². The van der Waals surface area contributed by atoms with Crippen LogP contribution in [-0.2, 0) is 12.7 Å². The van der Waals surface area contributed by atoms with Crippen LogP contribution in [0.25, 0.3) is 10.9 Å². The average Bonchev–Trinajstić information content (AvgIpc) is 3.01. The molecule has 0 aliphatic heterocycles. The molecule has 0 saturated carbocycles. The van der Waals surface area contributed by atoms with Crippen molar-refractivity contribution in [2.45, 2.75) is 19.6 Å². The van der Waals surface area contributed by atoms with Crippen molar-refractivity contribution in [1.82, 2.24) is 9.72 Å². The topological polar surface area (TPSA) is 54.8 Å². The molecule has 114 valence electrons. The van der Waals surface area contributed by atoms with Crippen molar-refractivity contribution in [1.29, 1.82) is 5.26 Å². The van der Waals surface area contributed by atoms with Gasteiger partial charge >= 0.3 is 6.18 Å². The maximum atomic E-state index is 13.3. The van der Waals surface area contributed by atoms with Crippen molar-refractivity contribution < 1.29 is 17.7 Å². The number of rotatable bonds is 2. The molecule has 0 N–H and O–H groups in total. The Hall–Kier alpha value is -2.69. The molecule has 0 saturated heterocycles. The number of hydrogen-bond acceptors (Lipinski definition) is 3. The quantitative estimate of drug-likeness (QED) is 0.683. The molecule has 0 spiro atoms. The first-order valence-corrected chi connectivity index (χ1v) is 6.62. The van der Waals surface area contributed by atoms with Crippen LogP contribution < -0.4 is 5.59 Å². The summed E-state index contributed by atoms with van der Waals surface area (Å²) >= 11 is 0. The van der Waals surface area contributed by atoms with E-state index in [-0.39, 0.29) is 17.5 Å². The molecule has 0 bridgehead atoms. The zero-order chi connectivity index (χ0) is 16.8. The average molecular weight is 315 g/mol. The Kier molecular flexibility index (Phi) is 3.44. The minimum absolute atomic E-state index is 0.0125. The number of alkyl halides is 3. The van der Waals surface area contributed by atoms with Crippen molar-refractivity contribution in [2.24, 2.45) is 0 Å². The summed E-state index contributed by atoms with van der Waals surface area (Å²) in [6.45, 7) is 1.88. The van der Waals surface area contributed by atoms with Gasteiger partial charge in [-0.05, 0) is 31.2 Å². The highest BCUT2D eigenvalue weighted by Crippen LogP contribution is 2.38. The van der Waals surface area contributed by atoms with E-state index in [0.717, 1.165) is 0 Å². The Bertz CT molecular complexity index is 934. The van der Waals surface area contributed by atoms with Crippen LogP contribution in [-0.4, -0.2) is 17.6 Å². The largest absolute Gasteiger partial charge is 0.418 e. The molecule has 3 rings (SSSR count). The van der Waals surface area contributed by atoms with Crippen molar-refractivity contribution in [3.8, 4) is 6.07 Å². The number of benzene rings is 1. The van der Waals surface area contributed by atoms with E-state index in [1.54, 1.807) is 17.6 Å². The summed E-state index contributed by atoms with van der Waals surface area (Å²) < 4.78 is 46.7. The number of nitriles is 1. The van der Waals surface area contributed by atoms with Gasteiger partial charge in [-0.3, -0.25) is 0 Å². The van der Waals surface area contributed by atoms with Gasteiger partial charge in [0.05, 0.1) is 23.7 Å². The molecule has 4 nitrogen and oxygen atoms in total. The summed E-state index contributed by atoms with van der Waals surface area (Å²) in [7, 11) is 5.48. The molecular weight excluding hydrogens is 306 g/mol. The summed E-state index contributed by atoms with van der Waals surface area (Å²) in [4.78, 5) is 0. The minimum Gasteiger partial charge on any atom is -0.360 e. The number of aryl methyl sites for hydroxylation is 1. The van der Waals surface area contributed by atoms with E-state index in [0.29, 0.717) is 17.0 Å². The molecule has 2 radical (unpaired) electrons. The van der Waals surface area contributed by atoms with Gasteiger partial charge in [-0.25, -0.2) is 0 Å². The third-order valence-corrected chi connectivity index (χ3v) is 3.59. The number of aromatic nitrogens is 2. The van der Waals surface area contributed by atoms with Crippen LogP contribution in [0.5, 0.6) is 0 Å².